The Bertz CT molecular complexity index is 3020. The molecule has 6 nitrogen and oxygen atoms in total. The predicted octanol–water partition coefficient (Wildman–Crippen LogP) is 11.7. The summed E-state index contributed by atoms with van der Waals surface area (Å²) in [5.41, 5.74) is 14.4. The number of nitrogens with zero attached hydrogens (tertiary/aromatic N) is 6. The van der Waals surface area contributed by atoms with Crippen LogP contribution in [-0.4, -0.2) is 29.5 Å². The van der Waals surface area contributed by atoms with E-state index in [1.165, 1.54) is 0 Å². The Morgan fingerprint density at radius 1 is 0.327 bits per heavy atom. The zero-order valence-corrected chi connectivity index (χ0v) is 29.5. The lowest BCUT2D eigenvalue weighted by atomic mass is 9.97. The molecule has 0 aliphatic carbocycles. The molecule has 0 saturated carbocycles. The molecule has 1 aliphatic heterocycles. The van der Waals surface area contributed by atoms with Crippen molar-refractivity contribution in [2.75, 3.05) is 0 Å². The van der Waals surface area contributed by atoms with Gasteiger partial charge in [-0.25, -0.2) is 24.9 Å². The fourth-order valence-corrected chi connectivity index (χ4v) is 7.75. The van der Waals surface area contributed by atoms with E-state index in [-0.39, 0.29) is 0 Å². The Balaban J connectivity index is 1.01. The third-order valence-electron chi connectivity index (χ3n) is 10.4. The molecule has 3 aromatic heterocycles. The third kappa shape index (κ3) is 5.23. The van der Waals surface area contributed by atoms with Gasteiger partial charge in [-0.05, 0) is 41.5 Å². The average Bonchev–Trinajstić information content (AvgIpc) is 3.61. The van der Waals surface area contributed by atoms with E-state index in [0.717, 1.165) is 89.2 Å². The molecule has 0 bridgehead atoms. The molecule has 0 N–H and O–H groups in total. The van der Waals surface area contributed by atoms with Gasteiger partial charge in [0.1, 0.15) is 5.82 Å². The highest BCUT2D eigenvalue weighted by Gasteiger charge is 2.26. The minimum atomic E-state index is 0.628. The predicted molar refractivity (Wildman–Crippen MR) is 221 cm³/mol. The summed E-state index contributed by atoms with van der Waals surface area (Å²) in [5.74, 6) is 2.80. The van der Waals surface area contributed by atoms with Crippen LogP contribution >= 0.6 is 0 Å². The van der Waals surface area contributed by atoms with E-state index in [4.69, 9.17) is 24.9 Å². The number of pyridine rings is 1. The maximum atomic E-state index is 5.27. The Hall–Kier alpha value is -7.57. The Morgan fingerprint density at radius 2 is 0.891 bits per heavy atom. The quantitative estimate of drug-likeness (QED) is 0.179. The smallest absolute Gasteiger partial charge is 0.164 e. The van der Waals surface area contributed by atoms with Gasteiger partial charge in [0.15, 0.2) is 17.5 Å². The van der Waals surface area contributed by atoms with Crippen LogP contribution in [0.15, 0.2) is 182 Å². The molecule has 10 aromatic rings. The highest BCUT2D eigenvalue weighted by Crippen LogP contribution is 2.45. The van der Waals surface area contributed by atoms with E-state index in [0.29, 0.717) is 17.5 Å². The third-order valence-corrected chi connectivity index (χ3v) is 10.4. The number of hydrogen-bond donors (Lipinski definition) is 0. The zero-order valence-electron chi connectivity index (χ0n) is 29.5. The van der Waals surface area contributed by atoms with Crippen molar-refractivity contribution in [3.05, 3.63) is 182 Å². The average molecular weight is 703 g/mol. The molecule has 6 heteroatoms. The van der Waals surface area contributed by atoms with Gasteiger partial charge in [-0.2, -0.15) is 0 Å². The second-order valence-electron chi connectivity index (χ2n) is 13.7. The van der Waals surface area contributed by atoms with Crippen molar-refractivity contribution in [2.24, 2.45) is 0 Å². The van der Waals surface area contributed by atoms with Crippen molar-refractivity contribution in [1.29, 1.82) is 0 Å². The molecule has 11 rings (SSSR count). The van der Waals surface area contributed by atoms with E-state index in [2.05, 4.69) is 120 Å². The first-order valence-electron chi connectivity index (χ1n) is 18.3. The molecule has 0 fully saturated rings. The first kappa shape index (κ1) is 31.0. The van der Waals surface area contributed by atoms with Crippen molar-refractivity contribution in [1.82, 2.24) is 29.5 Å². The molecule has 55 heavy (non-hydrogen) atoms. The molecule has 0 radical (unpaired) electrons. The van der Waals surface area contributed by atoms with Gasteiger partial charge in [0.2, 0.25) is 0 Å². The van der Waals surface area contributed by atoms with Gasteiger partial charge < -0.3 is 0 Å². The maximum Gasteiger partial charge on any atom is 0.164 e. The Morgan fingerprint density at radius 3 is 1.65 bits per heavy atom. The van der Waals surface area contributed by atoms with Crippen molar-refractivity contribution in [3.8, 4) is 84.7 Å². The van der Waals surface area contributed by atoms with Gasteiger partial charge in [-0.15, -0.1) is 0 Å². The largest absolute Gasteiger partial charge is 0.291 e. The molecule has 0 saturated heterocycles. The molecule has 0 amide bonds. The molecular weight excluding hydrogens is 673 g/mol. The van der Waals surface area contributed by atoms with Crippen LogP contribution in [0.2, 0.25) is 0 Å². The van der Waals surface area contributed by atoms with Crippen molar-refractivity contribution in [3.63, 3.8) is 0 Å². The van der Waals surface area contributed by atoms with E-state index >= 15 is 0 Å². The first-order chi connectivity index (χ1) is 27.2. The van der Waals surface area contributed by atoms with Gasteiger partial charge in [0, 0.05) is 44.3 Å². The molecule has 0 unspecified atom stereocenters. The van der Waals surface area contributed by atoms with Crippen LogP contribution in [0, 0.1) is 0 Å². The van der Waals surface area contributed by atoms with Crippen molar-refractivity contribution >= 4 is 21.9 Å². The van der Waals surface area contributed by atoms with Crippen molar-refractivity contribution < 1.29 is 0 Å². The lowest BCUT2D eigenvalue weighted by Gasteiger charge is -2.13. The summed E-state index contributed by atoms with van der Waals surface area (Å²) in [6.07, 6.45) is 0. The van der Waals surface area contributed by atoms with Crippen molar-refractivity contribution in [2.45, 2.75) is 0 Å². The van der Waals surface area contributed by atoms with Crippen LogP contribution in [-0.2, 0) is 0 Å². The summed E-state index contributed by atoms with van der Waals surface area (Å²) >= 11 is 0. The van der Waals surface area contributed by atoms with Crippen LogP contribution in [0.25, 0.3) is 107 Å². The summed E-state index contributed by atoms with van der Waals surface area (Å²) in [6.45, 7) is 0. The van der Waals surface area contributed by atoms with Gasteiger partial charge in [-0.3, -0.25) is 4.57 Å². The molecule has 7 aromatic carbocycles. The number of para-hydroxylation sites is 3. The summed E-state index contributed by atoms with van der Waals surface area (Å²) in [7, 11) is 0. The monoisotopic (exact) mass is 702 g/mol. The molecule has 4 heterocycles. The van der Waals surface area contributed by atoms with Gasteiger partial charge >= 0.3 is 0 Å². The number of fused-ring (bicyclic) bond motifs is 6. The van der Waals surface area contributed by atoms with Crippen LogP contribution < -0.4 is 0 Å². The van der Waals surface area contributed by atoms with Gasteiger partial charge in [-0.1, -0.05) is 152 Å². The number of aromatic nitrogens is 6. The first-order valence-corrected chi connectivity index (χ1v) is 18.3. The minimum Gasteiger partial charge on any atom is -0.291 e. The maximum absolute atomic E-state index is 5.27. The summed E-state index contributed by atoms with van der Waals surface area (Å²) < 4.78 is 2.32. The lowest BCUT2D eigenvalue weighted by Crippen LogP contribution is -2.00. The second kappa shape index (κ2) is 12.5. The highest BCUT2D eigenvalue weighted by atomic mass is 15.1. The van der Waals surface area contributed by atoms with E-state index in [9.17, 15) is 0 Å². The minimum absolute atomic E-state index is 0.628. The summed E-state index contributed by atoms with van der Waals surface area (Å²) in [5, 5.41) is 1.12. The molecule has 0 spiro atoms. The SMILES string of the molecule is c1ccc(-c2nc(-c3ccccc3)nc(-c3cccc(-c4ccc(-c5nc6cccc7c6n5-c5ccccc5-c5nc6ccccc6cc5-7)cc4)c3)n2)cc1. The van der Waals surface area contributed by atoms with Gasteiger partial charge in [0.05, 0.1) is 27.9 Å². The second-order valence-corrected chi connectivity index (χ2v) is 13.7. The van der Waals surface area contributed by atoms with Crippen LogP contribution in [0.4, 0.5) is 0 Å². The van der Waals surface area contributed by atoms with E-state index in [1.807, 2.05) is 66.7 Å². The Kier molecular flexibility index (Phi) is 7.07. The fraction of sp³-hybridized carbons (Fsp3) is 0. The van der Waals surface area contributed by atoms with E-state index < -0.39 is 0 Å². The lowest BCUT2D eigenvalue weighted by molar-refractivity contribution is 1.07. The number of benzene rings is 7. The fourth-order valence-electron chi connectivity index (χ4n) is 7.75. The molecule has 1 aliphatic rings. The summed E-state index contributed by atoms with van der Waals surface area (Å²) in [4.78, 5) is 25.3. The Labute approximate surface area is 317 Å². The molecule has 0 atom stereocenters. The molecule has 256 valence electrons. The van der Waals surface area contributed by atoms with E-state index in [1.54, 1.807) is 0 Å². The number of hydrogen-bond acceptors (Lipinski definition) is 5. The normalized spacial score (nSPS) is 11.6. The molecular formula is C49H30N6. The summed E-state index contributed by atoms with van der Waals surface area (Å²) in [6, 6.07) is 62.8. The number of imidazole rings is 1. The van der Waals surface area contributed by atoms with Crippen LogP contribution in [0.5, 0.6) is 0 Å². The standard InChI is InChI=1S/C49H30N6/c1-3-13-32(14-4-1)46-52-47(33-15-5-2-6-16-33)54-48(53-46)37-19-11-18-35(29-37)31-25-27-34(28-26-31)49-51-42-23-12-21-38-40-30-36-17-7-9-22-41(36)50-44(40)39-20-8-10-24-43(39)55(49)45(38)42/h1-30H. The zero-order chi connectivity index (χ0) is 36.3. The van der Waals surface area contributed by atoms with Gasteiger partial charge in [0.25, 0.3) is 0 Å². The number of rotatable bonds is 5. The van der Waals surface area contributed by atoms with Crippen LogP contribution in [0.1, 0.15) is 0 Å². The topological polar surface area (TPSA) is 69.4 Å². The highest BCUT2D eigenvalue weighted by molar-refractivity contribution is 6.05. The van der Waals surface area contributed by atoms with Crippen LogP contribution in [0.3, 0.4) is 0 Å².